The van der Waals surface area contributed by atoms with Gasteiger partial charge in [0.25, 0.3) is 6.29 Å². The van der Waals surface area contributed by atoms with Crippen LogP contribution in [0.1, 0.15) is 450 Å². The second kappa shape index (κ2) is 79.2. The van der Waals surface area contributed by atoms with Crippen LogP contribution in [0.15, 0.2) is 36.5 Å². The summed E-state index contributed by atoms with van der Waals surface area (Å²) in [5.74, 6) is -1.97. The molecule has 9 nitrogen and oxygen atoms in total. The summed E-state index contributed by atoms with van der Waals surface area (Å²) in [5.41, 5.74) is 0. The van der Waals surface area contributed by atoms with Crippen LogP contribution in [0.4, 0.5) is 0 Å². The predicted octanol–water partition coefficient (Wildman–Crippen LogP) is 27.8. The number of rotatable bonds is 82. The van der Waals surface area contributed by atoms with Crippen molar-refractivity contribution in [3.05, 3.63) is 36.5 Å². The molecule has 0 spiro atoms. The Hall–Kier alpha value is -2.49. The zero-order valence-corrected chi connectivity index (χ0v) is 65.8. The van der Waals surface area contributed by atoms with E-state index in [-0.39, 0.29) is 38.2 Å². The van der Waals surface area contributed by atoms with Crippen molar-refractivity contribution < 1.29 is 42.9 Å². The number of aliphatic carboxylic acids is 1. The Morgan fingerprint density at radius 2 is 0.557 bits per heavy atom. The van der Waals surface area contributed by atoms with Crippen molar-refractivity contribution >= 4 is 17.9 Å². The zero-order chi connectivity index (χ0) is 70.4. The van der Waals surface area contributed by atoms with E-state index in [1.54, 1.807) is 0 Å². The Balaban J connectivity index is 3.92. The molecule has 0 saturated carbocycles. The predicted molar refractivity (Wildman–Crippen MR) is 420 cm³/mol. The number of quaternary nitrogens is 1. The van der Waals surface area contributed by atoms with E-state index in [9.17, 15) is 19.5 Å². The van der Waals surface area contributed by atoms with Gasteiger partial charge in [0.1, 0.15) is 13.2 Å². The van der Waals surface area contributed by atoms with Gasteiger partial charge in [0.05, 0.1) is 34.4 Å². The van der Waals surface area contributed by atoms with Gasteiger partial charge in [-0.3, -0.25) is 9.59 Å². The van der Waals surface area contributed by atoms with Crippen LogP contribution >= 0.6 is 0 Å². The van der Waals surface area contributed by atoms with Gasteiger partial charge in [0, 0.05) is 12.8 Å². The third-order valence-electron chi connectivity index (χ3n) is 19.9. The molecule has 0 amide bonds. The largest absolute Gasteiger partial charge is 0.477 e. The number of esters is 2. The first-order valence-electron chi connectivity index (χ1n) is 43.2. The molecule has 0 bridgehead atoms. The van der Waals surface area contributed by atoms with E-state index in [4.69, 9.17) is 18.9 Å². The smallest absolute Gasteiger partial charge is 0.361 e. The molecule has 0 heterocycles. The van der Waals surface area contributed by atoms with Crippen LogP contribution in [-0.4, -0.2) is 87.4 Å². The molecular formula is C88H168NO8+. The van der Waals surface area contributed by atoms with Gasteiger partial charge in [-0.15, -0.1) is 0 Å². The SMILES string of the molecule is CCCCCCC/C=C\C/C=C\CCCCCCCCCCCCCCCCCCCCCCCCCCCCCC(=O)OC(COC(=O)CCCCCCCCCCCCCCCCCCCCCCC/C=C\CCCCCCCCCC)COC(OCC[N+](C)(C)C)C(=O)O. The Kier molecular flexibility index (Phi) is 77.2. The Morgan fingerprint density at radius 3 is 0.825 bits per heavy atom. The molecular weight excluding hydrogens is 1200 g/mol. The molecule has 0 aromatic carbocycles. The van der Waals surface area contributed by atoms with Gasteiger partial charge < -0.3 is 28.5 Å². The molecule has 2 atom stereocenters. The van der Waals surface area contributed by atoms with E-state index in [1.807, 2.05) is 21.1 Å². The number of carboxylic acids is 1. The fraction of sp³-hybridized carbons (Fsp3) is 0.898. The van der Waals surface area contributed by atoms with Gasteiger partial charge >= 0.3 is 17.9 Å². The molecule has 9 heteroatoms. The van der Waals surface area contributed by atoms with Crippen molar-refractivity contribution in [2.45, 2.75) is 463 Å². The first-order chi connectivity index (χ1) is 47.6. The van der Waals surface area contributed by atoms with E-state index in [0.29, 0.717) is 17.4 Å². The topological polar surface area (TPSA) is 108 Å². The van der Waals surface area contributed by atoms with Crippen LogP contribution in [0, 0.1) is 0 Å². The van der Waals surface area contributed by atoms with Gasteiger partial charge in [-0.05, 0) is 70.6 Å². The third-order valence-corrected chi connectivity index (χ3v) is 19.9. The Labute approximate surface area is 604 Å². The van der Waals surface area contributed by atoms with Crippen molar-refractivity contribution in [1.29, 1.82) is 0 Å². The molecule has 97 heavy (non-hydrogen) atoms. The molecule has 0 aliphatic carbocycles. The highest BCUT2D eigenvalue weighted by Crippen LogP contribution is 2.21. The van der Waals surface area contributed by atoms with Crippen molar-refractivity contribution in [2.24, 2.45) is 0 Å². The summed E-state index contributed by atoms with van der Waals surface area (Å²) in [4.78, 5) is 37.8. The van der Waals surface area contributed by atoms with Crippen molar-refractivity contribution in [2.75, 3.05) is 47.5 Å². The summed E-state index contributed by atoms with van der Waals surface area (Å²) in [6.07, 6.45) is 101. The van der Waals surface area contributed by atoms with Crippen LogP contribution in [-0.2, 0) is 33.3 Å². The number of carbonyl (C=O) groups excluding carboxylic acids is 2. The van der Waals surface area contributed by atoms with Gasteiger partial charge in [-0.1, -0.05) is 403 Å². The van der Waals surface area contributed by atoms with Crippen molar-refractivity contribution in [3.8, 4) is 0 Å². The van der Waals surface area contributed by atoms with E-state index >= 15 is 0 Å². The minimum Gasteiger partial charge on any atom is -0.477 e. The molecule has 2 unspecified atom stereocenters. The Morgan fingerprint density at radius 1 is 0.309 bits per heavy atom. The lowest BCUT2D eigenvalue weighted by Gasteiger charge is -2.25. The summed E-state index contributed by atoms with van der Waals surface area (Å²) < 4.78 is 23.1. The molecule has 0 aliphatic heterocycles. The molecule has 0 aromatic rings. The summed E-state index contributed by atoms with van der Waals surface area (Å²) in [6.45, 7) is 4.95. The zero-order valence-electron chi connectivity index (χ0n) is 65.8. The fourth-order valence-electron chi connectivity index (χ4n) is 13.3. The van der Waals surface area contributed by atoms with Gasteiger partial charge in [-0.2, -0.15) is 0 Å². The van der Waals surface area contributed by atoms with E-state index < -0.39 is 18.4 Å². The van der Waals surface area contributed by atoms with Crippen LogP contribution in [0.25, 0.3) is 0 Å². The first kappa shape index (κ1) is 94.5. The quantitative estimate of drug-likeness (QED) is 0.0211. The molecule has 0 aliphatic rings. The first-order valence-corrected chi connectivity index (χ1v) is 43.2. The average molecular weight is 1370 g/mol. The van der Waals surface area contributed by atoms with Crippen LogP contribution in [0.5, 0.6) is 0 Å². The molecule has 0 aromatic heterocycles. The van der Waals surface area contributed by atoms with Crippen LogP contribution in [0.3, 0.4) is 0 Å². The maximum absolute atomic E-state index is 13.0. The number of ether oxygens (including phenoxy) is 4. The molecule has 0 radical (unpaired) electrons. The maximum Gasteiger partial charge on any atom is 0.361 e. The number of hydrogen-bond donors (Lipinski definition) is 1. The summed E-state index contributed by atoms with van der Waals surface area (Å²) in [5, 5.41) is 9.79. The van der Waals surface area contributed by atoms with E-state index in [1.165, 1.54) is 379 Å². The number of carboxylic acid groups (broad SMARTS) is 1. The highest BCUT2D eigenvalue weighted by atomic mass is 16.7. The lowest BCUT2D eigenvalue weighted by atomic mass is 10.0. The lowest BCUT2D eigenvalue weighted by molar-refractivity contribution is -0.870. The molecule has 1 N–H and O–H groups in total. The average Bonchev–Trinajstić information content (AvgIpc) is 2.39. The minimum absolute atomic E-state index is 0.174. The standard InChI is InChI=1S/C88H167NO8/c1-6-8-10-12-14-16-18-20-22-24-26-28-30-32-34-36-38-40-41-42-43-44-45-47-49-51-53-55-57-59-61-63-65-67-69-71-73-75-77-79-86(91)97-84(83-96-88(87(92)93)94-81-80-89(3,4)5)82-95-85(90)78-76-74-72-70-68-66-64-62-60-58-56-54-52-50-48-46-39-37-35-33-31-29-27-25-23-21-19-17-15-13-11-9-7-2/h18,20,24-27,84,88H,6-17,19,21-23,28-83H2,1-5H3/p+1/b20-18-,26-24-,27-25-. The molecule has 0 fully saturated rings. The number of unbranched alkanes of at least 4 members (excludes halogenated alkanes) is 61. The highest BCUT2D eigenvalue weighted by molar-refractivity contribution is 5.71. The molecule has 0 rings (SSSR count). The van der Waals surface area contributed by atoms with Crippen LogP contribution < -0.4 is 0 Å². The summed E-state index contributed by atoms with van der Waals surface area (Å²) >= 11 is 0. The number of hydrogen-bond acceptors (Lipinski definition) is 7. The third kappa shape index (κ3) is 80.7. The second-order valence-corrected chi connectivity index (χ2v) is 30.8. The Bertz CT molecular complexity index is 1690. The van der Waals surface area contributed by atoms with Gasteiger partial charge in [0.15, 0.2) is 6.10 Å². The van der Waals surface area contributed by atoms with E-state index in [2.05, 4.69) is 50.3 Å². The highest BCUT2D eigenvalue weighted by Gasteiger charge is 2.25. The molecule has 572 valence electrons. The molecule has 0 saturated heterocycles. The van der Waals surface area contributed by atoms with Gasteiger partial charge in [-0.25, -0.2) is 4.79 Å². The monoisotopic (exact) mass is 1370 g/mol. The number of likely N-dealkylation sites (N-methyl/N-ethyl adjacent to an activating group) is 1. The summed E-state index contributed by atoms with van der Waals surface area (Å²) in [6, 6.07) is 0. The van der Waals surface area contributed by atoms with Crippen molar-refractivity contribution in [1.82, 2.24) is 0 Å². The van der Waals surface area contributed by atoms with E-state index in [0.717, 1.165) is 44.9 Å². The lowest BCUT2D eigenvalue weighted by Crippen LogP contribution is -2.40. The maximum atomic E-state index is 13.0. The second-order valence-electron chi connectivity index (χ2n) is 30.8. The fourth-order valence-corrected chi connectivity index (χ4v) is 13.3. The normalized spacial score (nSPS) is 12.7. The number of allylic oxidation sites excluding steroid dienone is 6. The minimum atomic E-state index is -1.51. The van der Waals surface area contributed by atoms with Crippen molar-refractivity contribution in [3.63, 3.8) is 0 Å². The number of nitrogens with zero attached hydrogens (tertiary/aromatic N) is 1. The van der Waals surface area contributed by atoms with Gasteiger partial charge in [0.2, 0.25) is 0 Å². The number of carbonyl (C=O) groups is 3. The summed E-state index contributed by atoms with van der Waals surface area (Å²) in [7, 11) is 6.00. The van der Waals surface area contributed by atoms with Crippen LogP contribution in [0.2, 0.25) is 0 Å².